The normalized spacial score (nSPS) is 23.4. The molecule has 0 bridgehead atoms. The van der Waals surface area contributed by atoms with E-state index in [1.807, 2.05) is 6.92 Å². The molecule has 1 saturated heterocycles. The van der Waals surface area contributed by atoms with E-state index < -0.39 is 0 Å². The Hall–Kier alpha value is -1.56. The number of nitrogen functional groups attached to an aromatic ring is 1. The third-order valence-electron chi connectivity index (χ3n) is 3.56. The first-order valence-electron chi connectivity index (χ1n) is 6.63. The van der Waals surface area contributed by atoms with E-state index in [0.29, 0.717) is 18.2 Å². The predicted octanol–water partition coefficient (Wildman–Crippen LogP) is 1.46. The fraction of sp³-hybridized carbons (Fsp3) is 0.692. The molecule has 0 spiro atoms. The van der Waals surface area contributed by atoms with Crippen molar-refractivity contribution in [3.05, 3.63) is 6.33 Å². The van der Waals surface area contributed by atoms with Gasteiger partial charge in [0.1, 0.15) is 12.0 Å². The van der Waals surface area contributed by atoms with Crippen LogP contribution in [0.2, 0.25) is 0 Å². The third kappa shape index (κ3) is 2.89. The van der Waals surface area contributed by atoms with Crippen LogP contribution in [-0.4, -0.2) is 42.4 Å². The van der Waals surface area contributed by atoms with Gasteiger partial charge in [0.15, 0.2) is 5.82 Å². The summed E-state index contributed by atoms with van der Waals surface area (Å²) in [5, 5.41) is 0. The number of ether oxygens (including phenoxy) is 2. The van der Waals surface area contributed by atoms with Gasteiger partial charge in [-0.3, -0.25) is 0 Å². The molecule has 19 heavy (non-hydrogen) atoms. The number of anilines is 2. The van der Waals surface area contributed by atoms with Gasteiger partial charge in [-0.15, -0.1) is 0 Å². The monoisotopic (exact) mass is 266 g/mol. The maximum atomic E-state index is 6.10. The van der Waals surface area contributed by atoms with Crippen LogP contribution >= 0.6 is 0 Å². The zero-order valence-electron chi connectivity index (χ0n) is 11.8. The molecule has 1 atom stereocenters. The molecule has 1 aliphatic rings. The van der Waals surface area contributed by atoms with Crippen molar-refractivity contribution in [2.75, 3.05) is 37.4 Å². The minimum Gasteiger partial charge on any atom is -0.476 e. The van der Waals surface area contributed by atoms with E-state index in [9.17, 15) is 0 Å². The first kappa shape index (κ1) is 13.9. The molecule has 6 heteroatoms. The smallest absolute Gasteiger partial charge is 0.242 e. The number of rotatable bonds is 4. The quantitative estimate of drug-likeness (QED) is 0.889. The van der Waals surface area contributed by atoms with Gasteiger partial charge < -0.3 is 20.1 Å². The lowest BCUT2D eigenvalue weighted by Gasteiger charge is -2.40. The average molecular weight is 266 g/mol. The van der Waals surface area contributed by atoms with Gasteiger partial charge in [0, 0.05) is 20.2 Å². The molecule has 106 valence electrons. The Labute approximate surface area is 113 Å². The molecule has 1 fully saturated rings. The summed E-state index contributed by atoms with van der Waals surface area (Å²) in [7, 11) is 1.75. The molecule has 0 radical (unpaired) electrons. The molecule has 0 amide bonds. The van der Waals surface area contributed by atoms with Crippen LogP contribution in [0, 0.1) is 0 Å². The number of methoxy groups -OCH3 is 1. The lowest BCUT2D eigenvalue weighted by Crippen LogP contribution is -2.48. The van der Waals surface area contributed by atoms with Gasteiger partial charge >= 0.3 is 0 Å². The van der Waals surface area contributed by atoms with Crippen molar-refractivity contribution in [3.63, 3.8) is 0 Å². The van der Waals surface area contributed by atoms with Gasteiger partial charge in [0.25, 0.3) is 0 Å². The summed E-state index contributed by atoms with van der Waals surface area (Å²) in [5.41, 5.74) is 6.45. The van der Waals surface area contributed by atoms with Crippen LogP contribution in [0.5, 0.6) is 5.88 Å². The fourth-order valence-corrected chi connectivity index (χ4v) is 2.43. The van der Waals surface area contributed by atoms with Crippen LogP contribution in [0.25, 0.3) is 0 Å². The zero-order valence-corrected chi connectivity index (χ0v) is 11.8. The minimum atomic E-state index is -0.151. The largest absolute Gasteiger partial charge is 0.476 e. The van der Waals surface area contributed by atoms with Crippen LogP contribution in [0.3, 0.4) is 0 Å². The fourth-order valence-electron chi connectivity index (χ4n) is 2.43. The topological polar surface area (TPSA) is 73.5 Å². The van der Waals surface area contributed by atoms with Crippen molar-refractivity contribution in [1.82, 2.24) is 9.97 Å². The molecule has 1 aromatic heterocycles. The summed E-state index contributed by atoms with van der Waals surface area (Å²) in [6.07, 6.45) is 3.59. The Morgan fingerprint density at radius 2 is 2.26 bits per heavy atom. The highest BCUT2D eigenvalue weighted by molar-refractivity contribution is 5.68. The summed E-state index contributed by atoms with van der Waals surface area (Å²) >= 11 is 0. The van der Waals surface area contributed by atoms with E-state index >= 15 is 0 Å². The van der Waals surface area contributed by atoms with Crippen molar-refractivity contribution < 1.29 is 9.47 Å². The number of hydrogen-bond donors (Lipinski definition) is 1. The number of aromatic nitrogens is 2. The molecule has 1 aromatic rings. The summed E-state index contributed by atoms with van der Waals surface area (Å²) in [6, 6.07) is 0. The third-order valence-corrected chi connectivity index (χ3v) is 3.56. The van der Waals surface area contributed by atoms with E-state index in [1.54, 1.807) is 7.11 Å². The first-order valence-corrected chi connectivity index (χ1v) is 6.63. The molecule has 1 aliphatic heterocycles. The molecule has 2 N–H and O–H groups in total. The molecule has 2 rings (SSSR count). The summed E-state index contributed by atoms with van der Waals surface area (Å²) < 4.78 is 11.0. The lowest BCUT2D eigenvalue weighted by atomic mass is 9.95. The molecule has 0 saturated carbocycles. The zero-order chi connectivity index (χ0) is 13.9. The Kier molecular flexibility index (Phi) is 4.09. The van der Waals surface area contributed by atoms with E-state index in [-0.39, 0.29) is 5.60 Å². The second-order valence-electron chi connectivity index (χ2n) is 5.03. The number of piperidine rings is 1. The van der Waals surface area contributed by atoms with Gasteiger partial charge in [-0.05, 0) is 26.7 Å². The maximum Gasteiger partial charge on any atom is 0.242 e. The predicted molar refractivity (Wildman–Crippen MR) is 74.5 cm³/mol. The Balaban J connectivity index is 2.24. The summed E-state index contributed by atoms with van der Waals surface area (Å²) in [4.78, 5) is 10.5. The Bertz CT molecular complexity index is 441. The lowest BCUT2D eigenvalue weighted by molar-refractivity contribution is -0.00479. The second kappa shape index (κ2) is 5.61. The van der Waals surface area contributed by atoms with Gasteiger partial charge in [-0.25, -0.2) is 4.98 Å². The van der Waals surface area contributed by atoms with Gasteiger partial charge in [0.05, 0.1) is 12.2 Å². The van der Waals surface area contributed by atoms with Gasteiger partial charge in [-0.2, -0.15) is 4.98 Å². The van der Waals surface area contributed by atoms with Crippen molar-refractivity contribution in [1.29, 1.82) is 0 Å². The molecule has 0 aromatic carbocycles. The molecule has 1 unspecified atom stereocenters. The number of nitrogens with zero attached hydrogens (tertiary/aromatic N) is 3. The molecule has 2 heterocycles. The van der Waals surface area contributed by atoms with Crippen molar-refractivity contribution >= 4 is 11.5 Å². The highest BCUT2D eigenvalue weighted by Crippen LogP contribution is 2.32. The SMILES string of the molecule is CCOc1ncnc(N2CCCC(C)(OC)C2)c1N. The average Bonchev–Trinajstić information content (AvgIpc) is 2.41. The van der Waals surface area contributed by atoms with E-state index in [2.05, 4.69) is 21.8 Å². The standard InChI is InChI=1S/C13H22N4O2/c1-4-19-12-10(14)11(15-9-16-12)17-7-5-6-13(2,8-17)18-3/h9H,4-8,14H2,1-3H3. The van der Waals surface area contributed by atoms with Crippen LogP contribution < -0.4 is 15.4 Å². The van der Waals surface area contributed by atoms with E-state index in [0.717, 1.165) is 31.7 Å². The van der Waals surface area contributed by atoms with Crippen molar-refractivity contribution in [2.45, 2.75) is 32.3 Å². The minimum absolute atomic E-state index is 0.151. The highest BCUT2D eigenvalue weighted by atomic mass is 16.5. The molecule has 0 aliphatic carbocycles. The Morgan fingerprint density at radius 3 is 2.95 bits per heavy atom. The molecular weight excluding hydrogens is 244 g/mol. The number of hydrogen-bond acceptors (Lipinski definition) is 6. The molecular formula is C13H22N4O2. The van der Waals surface area contributed by atoms with Crippen LogP contribution in [-0.2, 0) is 4.74 Å². The first-order chi connectivity index (χ1) is 9.09. The highest BCUT2D eigenvalue weighted by Gasteiger charge is 2.32. The van der Waals surface area contributed by atoms with Crippen LogP contribution in [0.15, 0.2) is 6.33 Å². The summed E-state index contributed by atoms with van der Waals surface area (Å²) in [5.74, 6) is 1.19. The van der Waals surface area contributed by atoms with E-state index in [1.165, 1.54) is 6.33 Å². The Morgan fingerprint density at radius 1 is 1.47 bits per heavy atom. The van der Waals surface area contributed by atoms with Crippen molar-refractivity contribution in [2.24, 2.45) is 0 Å². The van der Waals surface area contributed by atoms with Gasteiger partial charge in [0.2, 0.25) is 5.88 Å². The maximum absolute atomic E-state index is 6.10. The van der Waals surface area contributed by atoms with Crippen LogP contribution in [0.1, 0.15) is 26.7 Å². The molecule has 6 nitrogen and oxygen atoms in total. The summed E-state index contributed by atoms with van der Waals surface area (Å²) in [6.45, 7) is 6.25. The van der Waals surface area contributed by atoms with Gasteiger partial charge in [-0.1, -0.05) is 0 Å². The van der Waals surface area contributed by atoms with Crippen molar-refractivity contribution in [3.8, 4) is 5.88 Å². The van der Waals surface area contributed by atoms with E-state index in [4.69, 9.17) is 15.2 Å². The number of nitrogens with two attached hydrogens (primary N) is 1. The van der Waals surface area contributed by atoms with Crippen LogP contribution in [0.4, 0.5) is 11.5 Å². The second-order valence-corrected chi connectivity index (χ2v) is 5.03.